The number of benzene rings is 1. The summed E-state index contributed by atoms with van der Waals surface area (Å²) in [5.74, 6) is -1.61. The summed E-state index contributed by atoms with van der Waals surface area (Å²) >= 11 is 1.99. The molecule has 92 valence electrons. The Morgan fingerprint density at radius 2 is 2.00 bits per heavy atom. The number of carbonyl (C=O) groups is 1. The van der Waals surface area contributed by atoms with Crippen LogP contribution in [0, 0.1) is 9.39 Å². The molecule has 0 radical (unpaired) electrons. The monoisotopic (exact) mass is 360 g/mol. The van der Waals surface area contributed by atoms with Gasteiger partial charge in [-0.15, -0.1) is 0 Å². The van der Waals surface area contributed by atoms with Crippen LogP contribution in [0.4, 0.5) is 4.39 Å². The van der Waals surface area contributed by atoms with Crippen LogP contribution < -0.4 is 4.74 Å². The van der Waals surface area contributed by atoms with Crippen LogP contribution in [0.1, 0.15) is 10.4 Å². The molecule has 0 atom stereocenters. The van der Waals surface area contributed by atoms with Crippen LogP contribution in [0.3, 0.4) is 0 Å². The lowest BCUT2D eigenvalue weighted by Crippen LogP contribution is -2.02. The second-order valence-corrected chi connectivity index (χ2v) is 4.48. The highest BCUT2D eigenvalue weighted by Crippen LogP contribution is 2.24. The minimum absolute atomic E-state index is 0.00479. The topological polar surface area (TPSA) is 72.3 Å². The molecule has 0 spiro atoms. The molecule has 2 rings (SSSR count). The van der Waals surface area contributed by atoms with E-state index in [-0.39, 0.29) is 17.3 Å². The predicted molar refractivity (Wildman–Crippen MR) is 68.2 cm³/mol. The number of hydrogen-bond acceptors (Lipinski definition) is 4. The molecular weight excluding hydrogens is 354 g/mol. The summed E-state index contributed by atoms with van der Waals surface area (Å²) < 4.78 is 18.6. The summed E-state index contributed by atoms with van der Waals surface area (Å²) in [6, 6.07) is 4.53. The van der Waals surface area contributed by atoms with Crippen LogP contribution in [0.2, 0.25) is 0 Å². The van der Waals surface area contributed by atoms with E-state index in [1.54, 1.807) is 6.07 Å². The zero-order valence-corrected chi connectivity index (χ0v) is 11.0. The molecule has 0 amide bonds. The Bertz CT molecular complexity index is 589. The van der Waals surface area contributed by atoms with Gasteiger partial charge in [0.2, 0.25) is 0 Å². The molecule has 5 nitrogen and oxygen atoms in total. The number of aromatic nitrogens is 2. The van der Waals surface area contributed by atoms with E-state index in [0.29, 0.717) is 0 Å². The van der Waals surface area contributed by atoms with Crippen LogP contribution in [-0.4, -0.2) is 21.0 Å². The van der Waals surface area contributed by atoms with Gasteiger partial charge in [-0.25, -0.2) is 19.2 Å². The lowest BCUT2D eigenvalue weighted by molar-refractivity contribution is 0.0694. The van der Waals surface area contributed by atoms with Gasteiger partial charge in [-0.05, 0) is 40.8 Å². The number of nitrogens with zero attached hydrogens (tertiary/aromatic N) is 2. The Labute approximate surface area is 115 Å². The zero-order chi connectivity index (χ0) is 13.1. The number of carboxylic acids is 1. The molecule has 0 aliphatic rings. The number of hydrogen-bond donors (Lipinski definition) is 1. The molecule has 0 saturated carbocycles. The molecule has 0 unspecified atom stereocenters. The maximum absolute atomic E-state index is 12.6. The largest absolute Gasteiger partial charge is 0.478 e. The van der Waals surface area contributed by atoms with Gasteiger partial charge < -0.3 is 9.84 Å². The summed E-state index contributed by atoms with van der Waals surface area (Å²) in [6.45, 7) is 0. The third-order valence-corrected chi connectivity index (χ3v) is 2.64. The fraction of sp³-hybridized carbons (Fsp3) is 0. The Hall–Kier alpha value is -1.77. The molecular formula is C11H6FIN2O3. The average Bonchev–Trinajstić information content (AvgIpc) is 2.34. The molecule has 0 aliphatic carbocycles. The molecule has 1 aromatic carbocycles. The SMILES string of the molecule is O=C(O)c1cc(I)ccc1Oc1ncc(F)cn1. The molecule has 2 aromatic rings. The Kier molecular flexibility index (Phi) is 3.70. The van der Waals surface area contributed by atoms with Gasteiger partial charge in [0.25, 0.3) is 0 Å². The van der Waals surface area contributed by atoms with Gasteiger partial charge >= 0.3 is 12.0 Å². The van der Waals surface area contributed by atoms with E-state index in [1.165, 1.54) is 12.1 Å². The van der Waals surface area contributed by atoms with Crippen molar-refractivity contribution in [3.8, 4) is 11.8 Å². The standard InChI is InChI=1S/C11H6FIN2O3/c12-6-4-14-11(15-5-6)18-9-2-1-7(13)3-8(9)10(16)17/h1-5H,(H,16,17). The van der Waals surface area contributed by atoms with Crippen molar-refractivity contribution in [1.29, 1.82) is 0 Å². The van der Waals surface area contributed by atoms with Crippen LogP contribution in [-0.2, 0) is 0 Å². The third kappa shape index (κ3) is 2.92. The summed E-state index contributed by atoms with van der Waals surface area (Å²) in [5, 5.41) is 9.03. The number of carboxylic acid groups (broad SMARTS) is 1. The number of aromatic carboxylic acids is 1. The maximum Gasteiger partial charge on any atom is 0.339 e. The third-order valence-electron chi connectivity index (χ3n) is 1.97. The Balaban J connectivity index is 2.34. The van der Waals surface area contributed by atoms with Crippen LogP contribution in [0.5, 0.6) is 11.8 Å². The van der Waals surface area contributed by atoms with E-state index in [1.807, 2.05) is 22.6 Å². The molecule has 1 N–H and O–H groups in total. The van der Waals surface area contributed by atoms with Gasteiger partial charge in [-0.1, -0.05) is 0 Å². The normalized spacial score (nSPS) is 10.1. The minimum atomic E-state index is -1.12. The van der Waals surface area contributed by atoms with E-state index < -0.39 is 11.8 Å². The highest BCUT2D eigenvalue weighted by Gasteiger charge is 2.13. The number of ether oxygens (including phenoxy) is 1. The summed E-state index contributed by atoms with van der Waals surface area (Å²) in [4.78, 5) is 18.2. The highest BCUT2D eigenvalue weighted by atomic mass is 127. The van der Waals surface area contributed by atoms with E-state index in [2.05, 4.69) is 9.97 Å². The van der Waals surface area contributed by atoms with Crippen molar-refractivity contribution in [2.24, 2.45) is 0 Å². The average molecular weight is 360 g/mol. The van der Waals surface area contributed by atoms with Gasteiger partial charge in [0.15, 0.2) is 5.82 Å². The van der Waals surface area contributed by atoms with Gasteiger partial charge in [-0.3, -0.25) is 0 Å². The molecule has 0 saturated heterocycles. The second-order valence-electron chi connectivity index (χ2n) is 3.23. The number of halogens is 2. The first kappa shape index (κ1) is 12.7. The number of rotatable bonds is 3. The first-order chi connectivity index (χ1) is 8.56. The summed E-state index contributed by atoms with van der Waals surface area (Å²) in [7, 11) is 0. The van der Waals surface area contributed by atoms with Crippen molar-refractivity contribution in [3.05, 3.63) is 45.5 Å². The van der Waals surface area contributed by atoms with Crippen molar-refractivity contribution < 1.29 is 19.0 Å². The van der Waals surface area contributed by atoms with Crippen molar-refractivity contribution in [2.75, 3.05) is 0 Å². The van der Waals surface area contributed by atoms with Crippen LogP contribution in [0.15, 0.2) is 30.6 Å². The molecule has 0 fully saturated rings. The van der Waals surface area contributed by atoms with Crippen molar-refractivity contribution in [3.63, 3.8) is 0 Å². The molecule has 0 bridgehead atoms. The Morgan fingerprint density at radius 3 is 2.61 bits per heavy atom. The van der Waals surface area contributed by atoms with Crippen molar-refractivity contribution >= 4 is 28.6 Å². The quantitative estimate of drug-likeness (QED) is 0.853. The van der Waals surface area contributed by atoms with Crippen molar-refractivity contribution in [1.82, 2.24) is 9.97 Å². The zero-order valence-electron chi connectivity index (χ0n) is 8.80. The van der Waals surface area contributed by atoms with Gasteiger partial charge in [0.05, 0.1) is 12.4 Å². The molecule has 7 heteroatoms. The van der Waals surface area contributed by atoms with E-state index in [0.717, 1.165) is 16.0 Å². The molecule has 1 aromatic heterocycles. The predicted octanol–water partition coefficient (Wildman–Crippen LogP) is 2.71. The lowest BCUT2D eigenvalue weighted by atomic mass is 10.2. The minimum Gasteiger partial charge on any atom is -0.478 e. The molecule has 0 aliphatic heterocycles. The lowest BCUT2D eigenvalue weighted by Gasteiger charge is -2.07. The van der Waals surface area contributed by atoms with E-state index >= 15 is 0 Å². The molecule has 18 heavy (non-hydrogen) atoms. The first-order valence-electron chi connectivity index (χ1n) is 4.74. The second kappa shape index (κ2) is 5.25. The van der Waals surface area contributed by atoms with Crippen LogP contribution >= 0.6 is 22.6 Å². The van der Waals surface area contributed by atoms with Gasteiger partial charge in [-0.2, -0.15) is 0 Å². The highest BCUT2D eigenvalue weighted by molar-refractivity contribution is 14.1. The van der Waals surface area contributed by atoms with Crippen LogP contribution in [0.25, 0.3) is 0 Å². The molecule has 1 heterocycles. The smallest absolute Gasteiger partial charge is 0.339 e. The maximum atomic E-state index is 12.6. The van der Waals surface area contributed by atoms with Gasteiger partial charge in [0.1, 0.15) is 11.3 Å². The van der Waals surface area contributed by atoms with Crippen molar-refractivity contribution in [2.45, 2.75) is 0 Å². The van der Waals surface area contributed by atoms with E-state index in [4.69, 9.17) is 9.84 Å². The fourth-order valence-corrected chi connectivity index (χ4v) is 1.70. The fourth-order valence-electron chi connectivity index (χ4n) is 1.21. The summed E-state index contributed by atoms with van der Waals surface area (Å²) in [6.07, 6.45) is 1.88. The first-order valence-corrected chi connectivity index (χ1v) is 5.82. The van der Waals surface area contributed by atoms with Gasteiger partial charge in [0, 0.05) is 3.57 Å². The van der Waals surface area contributed by atoms with E-state index in [9.17, 15) is 9.18 Å². The summed E-state index contributed by atoms with van der Waals surface area (Å²) in [5.41, 5.74) is -0.00479. The Morgan fingerprint density at radius 1 is 1.33 bits per heavy atom.